The molecule has 1 heteroatoms. The Bertz CT molecular complexity index is 155. The van der Waals surface area contributed by atoms with Crippen molar-refractivity contribution in [3.05, 3.63) is 0 Å². The van der Waals surface area contributed by atoms with Gasteiger partial charge in [-0.05, 0) is 37.5 Å². The Balaban J connectivity index is 2.11. The van der Waals surface area contributed by atoms with Gasteiger partial charge in [-0.1, -0.05) is 19.8 Å². The topological polar surface area (TPSA) is 20.2 Å². The van der Waals surface area contributed by atoms with E-state index < -0.39 is 0 Å². The Morgan fingerprint density at radius 2 is 2.18 bits per heavy atom. The fourth-order valence-electron chi connectivity index (χ4n) is 3.07. The maximum atomic E-state index is 10.2. The van der Waals surface area contributed by atoms with Crippen LogP contribution in [0.5, 0.6) is 0 Å². The van der Waals surface area contributed by atoms with Crippen molar-refractivity contribution < 1.29 is 5.11 Å². The zero-order valence-electron chi connectivity index (χ0n) is 7.34. The minimum Gasteiger partial charge on any atom is -0.390 e. The van der Waals surface area contributed by atoms with Gasteiger partial charge in [-0.3, -0.25) is 0 Å². The van der Waals surface area contributed by atoms with Gasteiger partial charge in [0.25, 0.3) is 0 Å². The average molecular weight is 154 g/mol. The summed E-state index contributed by atoms with van der Waals surface area (Å²) in [5, 5.41) is 10.2. The molecule has 0 spiro atoms. The standard InChI is InChI=1S/C10H18O/c1-8-6-9-4-2-3-5-10(9,11)7-8/h8-9,11H,2-7H2,1H3/t8-,9+,10+/m0/s1. The van der Waals surface area contributed by atoms with Gasteiger partial charge in [0.2, 0.25) is 0 Å². The molecule has 0 aromatic heterocycles. The predicted molar refractivity (Wildman–Crippen MR) is 45.3 cm³/mol. The molecule has 11 heavy (non-hydrogen) atoms. The molecule has 0 saturated heterocycles. The van der Waals surface area contributed by atoms with Crippen molar-refractivity contribution in [3.8, 4) is 0 Å². The first kappa shape index (κ1) is 7.60. The van der Waals surface area contributed by atoms with Crippen LogP contribution in [-0.4, -0.2) is 10.7 Å². The smallest absolute Gasteiger partial charge is 0.0678 e. The molecule has 0 amide bonds. The van der Waals surface area contributed by atoms with Crippen LogP contribution in [0.25, 0.3) is 0 Å². The van der Waals surface area contributed by atoms with Gasteiger partial charge >= 0.3 is 0 Å². The monoisotopic (exact) mass is 154 g/mol. The number of rotatable bonds is 0. The zero-order valence-corrected chi connectivity index (χ0v) is 7.34. The van der Waals surface area contributed by atoms with Crippen LogP contribution in [-0.2, 0) is 0 Å². The average Bonchev–Trinajstić information content (AvgIpc) is 2.22. The first-order valence-corrected chi connectivity index (χ1v) is 4.93. The highest BCUT2D eigenvalue weighted by molar-refractivity contribution is 4.97. The van der Waals surface area contributed by atoms with Crippen LogP contribution in [0.2, 0.25) is 0 Å². The van der Waals surface area contributed by atoms with Crippen molar-refractivity contribution in [2.45, 2.75) is 51.0 Å². The van der Waals surface area contributed by atoms with Crippen LogP contribution in [0.4, 0.5) is 0 Å². The summed E-state index contributed by atoms with van der Waals surface area (Å²) in [6.07, 6.45) is 7.29. The number of hydrogen-bond acceptors (Lipinski definition) is 1. The fraction of sp³-hybridized carbons (Fsp3) is 1.00. The second kappa shape index (κ2) is 2.48. The van der Waals surface area contributed by atoms with Crippen molar-refractivity contribution in [2.75, 3.05) is 0 Å². The molecule has 0 radical (unpaired) electrons. The first-order valence-electron chi connectivity index (χ1n) is 4.93. The summed E-state index contributed by atoms with van der Waals surface area (Å²) < 4.78 is 0. The number of aliphatic hydroxyl groups is 1. The maximum Gasteiger partial charge on any atom is 0.0678 e. The van der Waals surface area contributed by atoms with E-state index in [0.717, 1.165) is 18.8 Å². The van der Waals surface area contributed by atoms with E-state index >= 15 is 0 Å². The minimum atomic E-state index is -0.238. The molecule has 2 rings (SSSR count). The van der Waals surface area contributed by atoms with E-state index in [1.165, 1.54) is 25.7 Å². The van der Waals surface area contributed by atoms with Crippen molar-refractivity contribution >= 4 is 0 Å². The van der Waals surface area contributed by atoms with E-state index in [-0.39, 0.29) is 5.60 Å². The fourth-order valence-corrected chi connectivity index (χ4v) is 3.07. The van der Waals surface area contributed by atoms with E-state index in [9.17, 15) is 5.11 Å². The van der Waals surface area contributed by atoms with Crippen LogP contribution < -0.4 is 0 Å². The van der Waals surface area contributed by atoms with E-state index in [4.69, 9.17) is 0 Å². The van der Waals surface area contributed by atoms with Gasteiger partial charge < -0.3 is 5.11 Å². The summed E-state index contributed by atoms with van der Waals surface area (Å²) in [6.45, 7) is 2.27. The van der Waals surface area contributed by atoms with Crippen molar-refractivity contribution in [2.24, 2.45) is 11.8 Å². The molecular weight excluding hydrogens is 136 g/mol. The third-order valence-corrected chi connectivity index (χ3v) is 3.56. The second-order valence-corrected chi connectivity index (χ2v) is 4.59. The summed E-state index contributed by atoms with van der Waals surface area (Å²) in [4.78, 5) is 0. The largest absolute Gasteiger partial charge is 0.390 e. The third kappa shape index (κ3) is 1.20. The number of fused-ring (bicyclic) bond motifs is 1. The molecule has 0 bridgehead atoms. The van der Waals surface area contributed by atoms with Gasteiger partial charge in [0.1, 0.15) is 0 Å². The Labute approximate surface area is 68.8 Å². The van der Waals surface area contributed by atoms with Gasteiger partial charge in [0.05, 0.1) is 5.60 Å². The molecular formula is C10H18O. The molecule has 0 aromatic rings. The number of hydrogen-bond donors (Lipinski definition) is 1. The first-order chi connectivity index (χ1) is 5.21. The Morgan fingerprint density at radius 3 is 2.91 bits per heavy atom. The third-order valence-electron chi connectivity index (χ3n) is 3.56. The molecule has 1 nitrogen and oxygen atoms in total. The summed E-state index contributed by atoms with van der Waals surface area (Å²) in [5.74, 6) is 1.41. The Kier molecular flexibility index (Phi) is 1.71. The molecule has 2 saturated carbocycles. The van der Waals surface area contributed by atoms with E-state index in [2.05, 4.69) is 6.92 Å². The molecule has 0 aliphatic heterocycles. The van der Waals surface area contributed by atoms with Crippen molar-refractivity contribution in [3.63, 3.8) is 0 Å². The quantitative estimate of drug-likeness (QED) is 0.568. The van der Waals surface area contributed by atoms with Gasteiger partial charge in [0.15, 0.2) is 0 Å². The summed E-state index contributed by atoms with van der Waals surface area (Å²) in [7, 11) is 0. The van der Waals surface area contributed by atoms with Crippen LogP contribution in [0.15, 0.2) is 0 Å². The SMILES string of the molecule is C[C@H]1C[C@H]2CCCC[C@@]2(O)C1. The van der Waals surface area contributed by atoms with Gasteiger partial charge in [-0.25, -0.2) is 0 Å². The van der Waals surface area contributed by atoms with Crippen LogP contribution in [0.3, 0.4) is 0 Å². The highest BCUT2D eigenvalue weighted by Gasteiger charge is 2.45. The second-order valence-electron chi connectivity index (χ2n) is 4.59. The highest BCUT2D eigenvalue weighted by Crippen LogP contribution is 2.47. The molecule has 2 aliphatic carbocycles. The minimum absolute atomic E-state index is 0.238. The van der Waals surface area contributed by atoms with E-state index in [1.807, 2.05) is 0 Å². The lowest BCUT2D eigenvalue weighted by molar-refractivity contribution is -0.0281. The molecule has 3 atom stereocenters. The molecule has 0 unspecified atom stereocenters. The van der Waals surface area contributed by atoms with Gasteiger partial charge in [-0.2, -0.15) is 0 Å². The van der Waals surface area contributed by atoms with Crippen LogP contribution in [0.1, 0.15) is 45.4 Å². The molecule has 2 fully saturated rings. The van der Waals surface area contributed by atoms with Crippen LogP contribution in [0, 0.1) is 11.8 Å². The lowest BCUT2D eigenvalue weighted by Crippen LogP contribution is -2.35. The van der Waals surface area contributed by atoms with E-state index in [0.29, 0.717) is 5.92 Å². The lowest BCUT2D eigenvalue weighted by atomic mass is 9.78. The zero-order chi connectivity index (χ0) is 7.90. The lowest BCUT2D eigenvalue weighted by Gasteiger charge is -2.34. The highest BCUT2D eigenvalue weighted by atomic mass is 16.3. The van der Waals surface area contributed by atoms with Gasteiger partial charge in [0, 0.05) is 0 Å². The molecule has 0 heterocycles. The summed E-state index contributed by atoms with van der Waals surface area (Å²) in [5.41, 5.74) is -0.238. The normalized spacial score (nSPS) is 50.7. The Hall–Kier alpha value is -0.0400. The molecule has 0 aromatic carbocycles. The van der Waals surface area contributed by atoms with Gasteiger partial charge in [-0.15, -0.1) is 0 Å². The van der Waals surface area contributed by atoms with Crippen LogP contribution >= 0.6 is 0 Å². The summed E-state index contributed by atoms with van der Waals surface area (Å²) in [6, 6.07) is 0. The van der Waals surface area contributed by atoms with Crippen molar-refractivity contribution in [1.29, 1.82) is 0 Å². The molecule has 2 aliphatic rings. The molecule has 64 valence electrons. The summed E-state index contributed by atoms with van der Waals surface area (Å²) >= 11 is 0. The van der Waals surface area contributed by atoms with E-state index in [1.54, 1.807) is 0 Å². The molecule has 1 N–H and O–H groups in total. The predicted octanol–water partition coefficient (Wildman–Crippen LogP) is 2.34. The Morgan fingerprint density at radius 1 is 1.36 bits per heavy atom. The maximum absolute atomic E-state index is 10.2. The van der Waals surface area contributed by atoms with Crippen molar-refractivity contribution in [1.82, 2.24) is 0 Å².